The van der Waals surface area contributed by atoms with Gasteiger partial charge >= 0.3 is 6.18 Å². The quantitative estimate of drug-likeness (QED) is 0.727. The molecule has 1 aromatic heterocycles. The van der Waals surface area contributed by atoms with Crippen molar-refractivity contribution in [2.24, 2.45) is 0 Å². The molecule has 0 radical (unpaired) electrons. The molecule has 5 nitrogen and oxygen atoms in total. The zero-order valence-electron chi connectivity index (χ0n) is 9.57. The molecule has 8 heteroatoms. The van der Waals surface area contributed by atoms with E-state index in [4.69, 9.17) is 9.84 Å². The monoisotopic (exact) mass is 265 g/mol. The maximum atomic E-state index is 12.2. The molecule has 18 heavy (non-hydrogen) atoms. The summed E-state index contributed by atoms with van der Waals surface area (Å²) in [5.41, 5.74) is -1.01. The molecule has 0 fully saturated rings. The number of halogens is 3. The van der Waals surface area contributed by atoms with Crippen LogP contribution >= 0.6 is 0 Å². The fourth-order valence-corrected chi connectivity index (χ4v) is 1.14. The minimum Gasteiger partial charge on any atom is -0.394 e. The summed E-state index contributed by atoms with van der Waals surface area (Å²) in [6.07, 6.45) is -3.81. The van der Waals surface area contributed by atoms with Crippen LogP contribution in [0.3, 0.4) is 0 Å². The molecule has 1 aromatic rings. The summed E-state index contributed by atoms with van der Waals surface area (Å²) in [5, 5.41) is 17.8. The third-order valence-corrected chi connectivity index (χ3v) is 1.96. The van der Waals surface area contributed by atoms with E-state index >= 15 is 0 Å². The first-order valence-corrected chi connectivity index (χ1v) is 5.37. The highest BCUT2D eigenvalue weighted by molar-refractivity contribution is 5.33. The summed E-state index contributed by atoms with van der Waals surface area (Å²) in [4.78, 5) is 0. The smallest absolute Gasteiger partial charge is 0.394 e. The minimum absolute atomic E-state index is 0.0300. The lowest BCUT2D eigenvalue weighted by Crippen LogP contribution is -2.12. The number of aliphatic hydroxyl groups is 1. The molecule has 0 atom stereocenters. The van der Waals surface area contributed by atoms with Crippen LogP contribution < -0.4 is 5.32 Å². The van der Waals surface area contributed by atoms with Crippen molar-refractivity contribution in [2.75, 3.05) is 31.7 Å². The van der Waals surface area contributed by atoms with Crippen LogP contribution in [0.25, 0.3) is 0 Å². The van der Waals surface area contributed by atoms with Crippen LogP contribution in [0.15, 0.2) is 12.1 Å². The van der Waals surface area contributed by atoms with E-state index in [0.29, 0.717) is 19.6 Å². The first-order chi connectivity index (χ1) is 8.54. The average molecular weight is 265 g/mol. The number of aromatic nitrogens is 2. The maximum absolute atomic E-state index is 12.2. The number of nitrogens with zero attached hydrogens (tertiary/aromatic N) is 2. The Bertz CT molecular complexity index is 343. The van der Waals surface area contributed by atoms with Crippen molar-refractivity contribution in [1.29, 1.82) is 0 Å². The molecule has 0 aliphatic rings. The van der Waals surface area contributed by atoms with Gasteiger partial charge in [-0.25, -0.2) is 0 Å². The molecule has 102 valence electrons. The van der Waals surface area contributed by atoms with E-state index in [1.54, 1.807) is 0 Å². The van der Waals surface area contributed by atoms with Gasteiger partial charge in [-0.1, -0.05) is 0 Å². The van der Waals surface area contributed by atoms with Gasteiger partial charge in [0.1, 0.15) is 5.82 Å². The molecule has 1 rings (SSSR count). The molecule has 0 saturated heterocycles. The fourth-order valence-electron chi connectivity index (χ4n) is 1.14. The topological polar surface area (TPSA) is 67.3 Å². The van der Waals surface area contributed by atoms with Gasteiger partial charge in [0.2, 0.25) is 0 Å². The van der Waals surface area contributed by atoms with Gasteiger partial charge in [-0.05, 0) is 18.6 Å². The summed E-state index contributed by atoms with van der Waals surface area (Å²) in [7, 11) is 0. The standard InChI is InChI=1S/C10H14F3N3O2/c11-10(12,13)8-2-3-9(16-15-8)14-4-1-6-18-7-5-17/h2-3,17H,1,4-7H2,(H,14,16). The van der Waals surface area contributed by atoms with Crippen LogP contribution in [-0.2, 0) is 10.9 Å². The summed E-state index contributed by atoms with van der Waals surface area (Å²) < 4.78 is 41.6. The molecule has 2 N–H and O–H groups in total. The number of rotatable bonds is 7. The van der Waals surface area contributed by atoms with Gasteiger partial charge in [0.15, 0.2) is 5.69 Å². The van der Waals surface area contributed by atoms with E-state index in [1.165, 1.54) is 6.07 Å². The number of anilines is 1. The van der Waals surface area contributed by atoms with Crippen molar-refractivity contribution in [3.63, 3.8) is 0 Å². The second-order valence-electron chi connectivity index (χ2n) is 3.42. The first-order valence-electron chi connectivity index (χ1n) is 5.37. The SMILES string of the molecule is OCCOCCCNc1ccc(C(F)(F)F)nn1. The first kappa shape index (κ1) is 14.7. The number of alkyl halides is 3. The molecule has 0 aliphatic carbocycles. The van der Waals surface area contributed by atoms with Crippen LogP contribution in [0.1, 0.15) is 12.1 Å². The van der Waals surface area contributed by atoms with E-state index < -0.39 is 11.9 Å². The Morgan fingerprint density at radius 3 is 2.56 bits per heavy atom. The minimum atomic E-state index is -4.47. The molecule has 0 amide bonds. The Hall–Kier alpha value is -1.41. The van der Waals surface area contributed by atoms with Gasteiger partial charge in [0.05, 0.1) is 13.2 Å². The summed E-state index contributed by atoms with van der Waals surface area (Å²) in [6.45, 7) is 1.21. The number of hydrogen-bond acceptors (Lipinski definition) is 5. The molecule has 0 aliphatic heterocycles. The molecule has 1 heterocycles. The predicted octanol–water partition coefficient (Wildman–Crippen LogP) is 1.31. The van der Waals surface area contributed by atoms with E-state index in [1.807, 2.05) is 0 Å². The maximum Gasteiger partial charge on any atom is 0.435 e. The highest BCUT2D eigenvalue weighted by Gasteiger charge is 2.32. The molecule has 0 spiro atoms. The largest absolute Gasteiger partial charge is 0.435 e. The molecule has 0 aromatic carbocycles. The van der Waals surface area contributed by atoms with Crippen molar-refractivity contribution < 1.29 is 23.0 Å². The van der Waals surface area contributed by atoms with Crippen molar-refractivity contribution >= 4 is 5.82 Å². The molecule has 0 saturated carbocycles. The molecule has 0 unspecified atom stereocenters. The fraction of sp³-hybridized carbons (Fsp3) is 0.600. The van der Waals surface area contributed by atoms with Crippen molar-refractivity contribution in [3.8, 4) is 0 Å². The highest BCUT2D eigenvalue weighted by Crippen LogP contribution is 2.26. The van der Waals surface area contributed by atoms with E-state index in [2.05, 4.69) is 15.5 Å². The van der Waals surface area contributed by atoms with E-state index in [0.717, 1.165) is 6.07 Å². The zero-order chi connectivity index (χ0) is 13.4. The van der Waals surface area contributed by atoms with Crippen molar-refractivity contribution in [1.82, 2.24) is 10.2 Å². The predicted molar refractivity (Wildman–Crippen MR) is 58.0 cm³/mol. The lowest BCUT2D eigenvalue weighted by molar-refractivity contribution is -0.141. The number of aliphatic hydroxyl groups excluding tert-OH is 1. The summed E-state index contributed by atoms with van der Waals surface area (Å²) >= 11 is 0. The number of nitrogens with one attached hydrogen (secondary N) is 1. The Morgan fingerprint density at radius 2 is 2.00 bits per heavy atom. The molecular formula is C10H14F3N3O2. The molecule has 0 bridgehead atoms. The van der Waals surface area contributed by atoms with Crippen LogP contribution in [0, 0.1) is 0 Å². The highest BCUT2D eigenvalue weighted by atomic mass is 19.4. The van der Waals surface area contributed by atoms with Crippen LogP contribution in [-0.4, -0.2) is 41.7 Å². The van der Waals surface area contributed by atoms with Gasteiger partial charge in [-0.15, -0.1) is 10.2 Å². The normalized spacial score (nSPS) is 11.6. The summed E-state index contributed by atoms with van der Waals surface area (Å²) in [5.74, 6) is 0.283. The van der Waals surface area contributed by atoms with Gasteiger partial charge in [0.25, 0.3) is 0 Å². The van der Waals surface area contributed by atoms with Crippen LogP contribution in [0.2, 0.25) is 0 Å². The van der Waals surface area contributed by atoms with Gasteiger partial charge in [-0.3, -0.25) is 0 Å². The lowest BCUT2D eigenvalue weighted by Gasteiger charge is -2.07. The molecular weight excluding hydrogens is 251 g/mol. The van der Waals surface area contributed by atoms with Crippen LogP contribution in [0.5, 0.6) is 0 Å². The van der Waals surface area contributed by atoms with Crippen molar-refractivity contribution in [2.45, 2.75) is 12.6 Å². The summed E-state index contributed by atoms with van der Waals surface area (Å²) in [6, 6.07) is 2.10. The van der Waals surface area contributed by atoms with Crippen molar-refractivity contribution in [3.05, 3.63) is 17.8 Å². The van der Waals surface area contributed by atoms with E-state index in [-0.39, 0.29) is 19.0 Å². The zero-order valence-corrected chi connectivity index (χ0v) is 9.57. The second kappa shape index (κ2) is 7.12. The van der Waals surface area contributed by atoms with E-state index in [9.17, 15) is 13.2 Å². The Morgan fingerprint density at radius 1 is 1.22 bits per heavy atom. The Balaban J connectivity index is 2.27. The third kappa shape index (κ3) is 5.28. The van der Waals surface area contributed by atoms with Crippen LogP contribution in [0.4, 0.5) is 19.0 Å². The Labute approximate surface area is 102 Å². The van der Waals surface area contributed by atoms with Gasteiger partial charge in [0, 0.05) is 13.2 Å². The number of hydrogen-bond donors (Lipinski definition) is 2. The number of ether oxygens (including phenoxy) is 1. The third-order valence-electron chi connectivity index (χ3n) is 1.96. The van der Waals surface area contributed by atoms with Gasteiger partial charge in [-0.2, -0.15) is 13.2 Å². The van der Waals surface area contributed by atoms with Gasteiger partial charge < -0.3 is 15.2 Å². The second-order valence-corrected chi connectivity index (χ2v) is 3.42. The lowest BCUT2D eigenvalue weighted by atomic mass is 10.3. The average Bonchev–Trinajstić information content (AvgIpc) is 2.33. The Kier molecular flexibility index (Phi) is 5.79.